The number of benzene rings is 4. The molecule has 4 aromatic carbocycles. The first-order valence-electron chi connectivity index (χ1n) is 13.9. The molecule has 0 saturated heterocycles. The number of aromatic nitrogens is 2. The Morgan fingerprint density at radius 3 is 1.93 bits per heavy atom. The number of carboxylic acid groups (broad SMARTS) is 1. The predicted molar refractivity (Wildman–Crippen MR) is 165 cm³/mol. The second kappa shape index (κ2) is 12.3. The van der Waals surface area contributed by atoms with E-state index in [2.05, 4.69) is 36.2 Å². The first-order chi connectivity index (χ1) is 20.6. The lowest BCUT2D eigenvalue weighted by Gasteiger charge is -2.19. The molecule has 1 unspecified atom stereocenters. The Morgan fingerprint density at radius 1 is 0.814 bits per heavy atom. The van der Waals surface area contributed by atoms with Crippen molar-refractivity contribution in [1.82, 2.24) is 15.5 Å². The average Bonchev–Trinajstić information content (AvgIpc) is 3.51. The van der Waals surface area contributed by atoms with E-state index in [4.69, 9.17) is 9.26 Å². The molecular formula is C35H33N3O5. The number of nitrogens with one attached hydrogen (secondary N) is 1. The molecule has 43 heavy (non-hydrogen) atoms. The zero-order valence-corrected chi connectivity index (χ0v) is 24.5. The van der Waals surface area contributed by atoms with E-state index in [1.807, 2.05) is 72.8 Å². The van der Waals surface area contributed by atoms with Gasteiger partial charge in [-0.2, -0.15) is 4.98 Å². The maximum atomic E-state index is 12.8. The molecule has 218 valence electrons. The molecule has 1 heterocycles. The fourth-order valence-electron chi connectivity index (χ4n) is 4.64. The predicted octanol–water partition coefficient (Wildman–Crippen LogP) is 6.80. The van der Waals surface area contributed by atoms with Crippen LogP contribution in [0.25, 0.3) is 34.0 Å². The summed E-state index contributed by atoms with van der Waals surface area (Å²) in [6.07, 6.45) is 0.124. The number of methoxy groups -OCH3 is 1. The summed E-state index contributed by atoms with van der Waals surface area (Å²) < 4.78 is 10.7. The third-order valence-corrected chi connectivity index (χ3v) is 7.25. The maximum absolute atomic E-state index is 12.8. The fraction of sp³-hybridized carbons (Fsp3) is 0.200. The third kappa shape index (κ3) is 6.98. The lowest BCUT2D eigenvalue weighted by molar-refractivity contribution is -0.139. The van der Waals surface area contributed by atoms with Gasteiger partial charge in [0.25, 0.3) is 11.8 Å². The lowest BCUT2D eigenvalue weighted by Crippen LogP contribution is -2.42. The van der Waals surface area contributed by atoms with Crippen molar-refractivity contribution >= 4 is 11.9 Å². The average molecular weight is 576 g/mol. The van der Waals surface area contributed by atoms with Gasteiger partial charge in [-0.3, -0.25) is 4.79 Å². The van der Waals surface area contributed by atoms with Gasteiger partial charge in [0.2, 0.25) is 5.82 Å². The van der Waals surface area contributed by atoms with Crippen molar-refractivity contribution in [1.29, 1.82) is 0 Å². The largest absolute Gasteiger partial charge is 0.497 e. The molecule has 0 aliphatic heterocycles. The number of hydrogen-bond donors (Lipinski definition) is 2. The van der Waals surface area contributed by atoms with Gasteiger partial charge in [-0.05, 0) is 64.1 Å². The topological polar surface area (TPSA) is 115 Å². The Labute approximate surface area is 250 Å². The third-order valence-electron chi connectivity index (χ3n) is 7.25. The molecular weight excluding hydrogens is 542 g/mol. The molecule has 0 aliphatic rings. The monoisotopic (exact) mass is 575 g/mol. The molecule has 1 aromatic heterocycles. The minimum absolute atomic E-state index is 0.0438. The molecule has 0 radical (unpaired) electrons. The number of rotatable bonds is 9. The van der Waals surface area contributed by atoms with Gasteiger partial charge in [-0.1, -0.05) is 86.6 Å². The van der Waals surface area contributed by atoms with E-state index in [9.17, 15) is 14.7 Å². The first kappa shape index (κ1) is 29.3. The highest BCUT2D eigenvalue weighted by atomic mass is 16.5. The van der Waals surface area contributed by atoms with Crippen molar-refractivity contribution in [2.24, 2.45) is 0 Å². The number of nitrogens with zero attached hydrogens (tertiary/aromatic N) is 2. The summed E-state index contributed by atoms with van der Waals surface area (Å²) in [5, 5.41) is 16.5. The molecule has 0 aliphatic carbocycles. The SMILES string of the molecule is COc1ccc(-c2ccc(-c3nc(-c4ccc(CC(NC(=O)c5ccc(C(C)(C)C)cc5)C(=O)O)cc4)no3)cc2)cc1. The summed E-state index contributed by atoms with van der Waals surface area (Å²) in [6.45, 7) is 6.28. The van der Waals surface area contributed by atoms with Crippen LogP contribution in [-0.2, 0) is 16.6 Å². The van der Waals surface area contributed by atoms with Crippen molar-refractivity contribution in [2.75, 3.05) is 7.11 Å². The molecule has 0 spiro atoms. The van der Waals surface area contributed by atoms with E-state index in [1.165, 1.54) is 0 Å². The second-order valence-corrected chi connectivity index (χ2v) is 11.3. The van der Waals surface area contributed by atoms with Crippen molar-refractivity contribution in [2.45, 2.75) is 38.6 Å². The van der Waals surface area contributed by atoms with Gasteiger partial charge in [-0.25, -0.2) is 4.79 Å². The maximum Gasteiger partial charge on any atom is 0.326 e. The summed E-state index contributed by atoms with van der Waals surface area (Å²) in [5.41, 5.74) is 5.85. The van der Waals surface area contributed by atoms with Crippen molar-refractivity contribution in [3.63, 3.8) is 0 Å². The fourth-order valence-corrected chi connectivity index (χ4v) is 4.64. The van der Waals surface area contributed by atoms with E-state index in [0.717, 1.165) is 39.1 Å². The van der Waals surface area contributed by atoms with E-state index in [0.29, 0.717) is 17.3 Å². The summed E-state index contributed by atoms with van der Waals surface area (Å²) in [7, 11) is 1.64. The minimum atomic E-state index is -1.11. The summed E-state index contributed by atoms with van der Waals surface area (Å²) in [6, 6.07) is 29.1. The Balaban J connectivity index is 1.23. The summed E-state index contributed by atoms with van der Waals surface area (Å²) >= 11 is 0. The molecule has 5 aromatic rings. The van der Waals surface area contributed by atoms with E-state index < -0.39 is 17.9 Å². The number of carboxylic acids is 1. The van der Waals surface area contributed by atoms with Crippen LogP contribution in [0, 0.1) is 0 Å². The quantitative estimate of drug-likeness (QED) is 0.199. The highest BCUT2D eigenvalue weighted by Crippen LogP contribution is 2.27. The van der Waals surface area contributed by atoms with Gasteiger partial charge in [-0.15, -0.1) is 0 Å². The van der Waals surface area contributed by atoms with Crippen LogP contribution in [0.2, 0.25) is 0 Å². The Bertz CT molecular complexity index is 1700. The number of aliphatic carboxylic acids is 1. The molecule has 1 amide bonds. The number of hydrogen-bond acceptors (Lipinski definition) is 6. The van der Waals surface area contributed by atoms with Gasteiger partial charge in [0.1, 0.15) is 11.8 Å². The number of carbonyl (C=O) groups is 2. The highest BCUT2D eigenvalue weighted by molar-refractivity contribution is 5.96. The zero-order valence-electron chi connectivity index (χ0n) is 24.5. The summed E-state index contributed by atoms with van der Waals surface area (Å²) in [5.74, 6) is 0.0792. The summed E-state index contributed by atoms with van der Waals surface area (Å²) in [4.78, 5) is 29.3. The molecule has 0 bridgehead atoms. The van der Waals surface area contributed by atoms with Crippen molar-refractivity contribution < 1.29 is 24.0 Å². The standard InChI is InChI=1S/C35H33N3O5/c1-35(2,3)28-17-13-26(14-18-28)32(39)36-30(34(40)41)21-22-5-7-25(8-6-22)31-37-33(43-38-31)27-11-9-23(10-12-27)24-15-19-29(42-4)20-16-24/h5-20,30H,21H2,1-4H3,(H,36,39)(H,40,41). The van der Waals surface area contributed by atoms with Crippen LogP contribution in [0.4, 0.5) is 0 Å². The van der Waals surface area contributed by atoms with Crippen LogP contribution >= 0.6 is 0 Å². The molecule has 5 rings (SSSR count). The number of amides is 1. The molecule has 8 heteroatoms. The van der Waals surface area contributed by atoms with E-state index in [-0.39, 0.29) is 11.8 Å². The Morgan fingerprint density at radius 2 is 1.37 bits per heavy atom. The van der Waals surface area contributed by atoms with Crippen LogP contribution in [0.5, 0.6) is 5.75 Å². The van der Waals surface area contributed by atoms with Gasteiger partial charge in [0, 0.05) is 23.1 Å². The molecule has 0 saturated carbocycles. The first-order valence-corrected chi connectivity index (χ1v) is 13.9. The lowest BCUT2D eigenvalue weighted by atomic mass is 9.86. The molecule has 2 N–H and O–H groups in total. The minimum Gasteiger partial charge on any atom is -0.497 e. The van der Waals surface area contributed by atoms with Gasteiger partial charge >= 0.3 is 5.97 Å². The number of carbonyl (C=O) groups excluding carboxylic acids is 1. The van der Waals surface area contributed by atoms with Crippen LogP contribution < -0.4 is 10.1 Å². The smallest absolute Gasteiger partial charge is 0.326 e. The van der Waals surface area contributed by atoms with Crippen molar-refractivity contribution in [3.05, 3.63) is 114 Å². The Kier molecular flexibility index (Phi) is 8.39. The van der Waals surface area contributed by atoms with Gasteiger partial charge in [0.15, 0.2) is 0 Å². The Hall–Kier alpha value is -5.24. The second-order valence-electron chi connectivity index (χ2n) is 11.3. The zero-order chi connectivity index (χ0) is 30.6. The normalized spacial score (nSPS) is 12.0. The molecule has 0 fully saturated rings. The molecule has 1 atom stereocenters. The van der Waals surface area contributed by atoms with E-state index in [1.54, 1.807) is 31.4 Å². The highest BCUT2D eigenvalue weighted by Gasteiger charge is 2.22. The van der Waals surface area contributed by atoms with Crippen LogP contribution in [0.15, 0.2) is 102 Å². The van der Waals surface area contributed by atoms with Crippen LogP contribution in [-0.4, -0.2) is 40.3 Å². The van der Waals surface area contributed by atoms with Crippen LogP contribution in [0.1, 0.15) is 42.3 Å². The molecule has 8 nitrogen and oxygen atoms in total. The van der Waals surface area contributed by atoms with Crippen molar-refractivity contribution in [3.8, 4) is 39.7 Å². The number of ether oxygens (including phenoxy) is 1. The van der Waals surface area contributed by atoms with Crippen LogP contribution in [0.3, 0.4) is 0 Å². The van der Waals surface area contributed by atoms with Gasteiger partial charge in [0.05, 0.1) is 7.11 Å². The van der Waals surface area contributed by atoms with Gasteiger partial charge < -0.3 is 19.7 Å². The van der Waals surface area contributed by atoms with E-state index >= 15 is 0 Å².